The molecule has 1 N–H and O–H groups in total. The van der Waals surface area contributed by atoms with Gasteiger partial charge in [0, 0.05) is 25.5 Å². The summed E-state index contributed by atoms with van der Waals surface area (Å²) in [4.78, 5) is 16.8. The van der Waals surface area contributed by atoms with E-state index in [4.69, 9.17) is 4.74 Å². The summed E-state index contributed by atoms with van der Waals surface area (Å²) < 4.78 is 7.89. The predicted molar refractivity (Wildman–Crippen MR) is 112 cm³/mol. The highest BCUT2D eigenvalue weighted by Crippen LogP contribution is 2.25. The van der Waals surface area contributed by atoms with Crippen molar-refractivity contribution < 1.29 is 9.53 Å². The quantitative estimate of drug-likeness (QED) is 0.505. The molecule has 0 radical (unpaired) electrons. The third-order valence-corrected chi connectivity index (χ3v) is 4.50. The summed E-state index contributed by atoms with van der Waals surface area (Å²) >= 11 is 0. The van der Waals surface area contributed by atoms with Crippen LogP contribution in [0.25, 0.3) is 0 Å². The summed E-state index contributed by atoms with van der Waals surface area (Å²) in [5.41, 5.74) is 2.72. The number of para-hydroxylation sites is 2. The minimum atomic E-state index is -0.168. The van der Waals surface area contributed by atoms with Crippen molar-refractivity contribution in [1.82, 2.24) is 14.9 Å². The lowest BCUT2D eigenvalue weighted by Gasteiger charge is -2.12. The van der Waals surface area contributed by atoms with Gasteiger partial charge in [-0.2, -0.15) is 0 Å². The Morgan fingerprint density at radius 1 is 0.897 bits per heavy atom. The highest BCUT2D eigenvalue weighted by Gasteiger charge is 2.12. The summed E-state index contributed by atoms with van der Waals surface area (Å²) in [6.07, 6.45) is 5.50. The van der Waals surface area contributed by atoms with Gasteiger partial charge in [-0.25, -0.2) is 4.98 Å². The largest absolute Gasteiger partial charge is 0.457 e. The highest BCUT2D eigenvalue weighted by molar-refractivity contribution is 5.96. The van der Waals surface area contributed by atoms with Crippen molar-refractivity contribution in [2.45, 2.75) is 13.1 Å². The van der Waals surface area contributed by atoms with Crippen molar-refractivity contribution in [2.24, 2.45) is 0 Å². The highest BCUT2D eigenvalue weighted by atomic mass is 16.5. The standard InChI is InChI=1S/C24H21N3O2/c28-24(22-8-4-5-9-23(22)29-21-6-2-1-3-7-21)26-16-19-10-12-20(13-11-19)17-27-15-14-25-18-27/h1-15,18H,16-17H2,(H,26,28). The van der Waals surface area contributed by atoms with Crippen LogP contribution < -0.4 is 10.1 Å². The van der Waals surface area contributed by atoms with Crippen LogP contribution in [0.1, 0.15) is 21.5 Å². The second-order valence-electron chi connectivity index (χ2n) is 6.65. The Bertz CT molecular complexity index is 1060. The average molecular weight is 383 g/mol. The summed E-state index contributed by atoms with van der Waals surface area (Å²) in [7, 11) is 0. The normalized spacial score (nSPS) is 10.5. The fourth-order valence-corrected chi connectivity index (χ4v) is 2.99. The lowest BCUT2D eigenvalue weighted by molar-refractivity contribution is 0.0948. The van der Waals surface area contributed by atoms with Crippen LogP contribution in [0.15, 0.2) is 97.6 Å². The van der Waals surface area contributed by atoms with Gasteiger partial charge in [0.1, 0.15) is 11.5 Å². The zero-order valence-electron chi connectivity index (χ0n) is 15.9. The van der Waals surface area contributed by atoms with Crippen molar-refractivity contribution in [3.63, 3.8) is 0 Å². The molecule has 144 valence electrons. The molecule has 3 aromatic carbocycles. The van der Waals surface area contributed by atoms with Crippen LogP contribution in [0, 0.1) is 0 Å². The maximum Gasteiger partial charge on any atom is 0.255 e. The molecule has 0 saturated carbocycles. The van der Waals surface area contributed by atoms with E-state index in [1.54, 1.807) is 24.7 Å². The van der Waals surface area contributed by atoms with Gasteiger partial charge in [-0.05, 0) is 35.4 Å². The lowest BCUT2D eigenvalue weighted by Crippen LogP contribution is -2.23. The van der Waals surface area contributed by atoms with Crippen LogP contribution in [0.3, 0.4) is 0 Å². The molecular weight excluding hydrogens is 362 g/mol. The molecule has 29 heavy (non-hydrogen) atoms. The van der Waals surface area contributed by atoms with E-state index in [0.717, 1.165) is 12.1 Å². The second-order valence-corrected chi connectivity index (χ2v) is 6.65. The molecule has 1 amide bonds. The molecule has 4 rings (SSSR count). The Hall–Kier alpha value is -3.86. The summed E-state index contributed by atoms with van der Waals surface area (Å²) in [5, 5.41) is 2.97. The number of aromatic nitrogens is 2. The zero-order valence-corrected chi connectivity index (χ0v) is 15.9. The van der Waals surface area contributed by atoms with Gasteiger partial charge >= 0.3 is 0 Å². The number of amides is 1. The van der Waals surface area contributed by atoms with Crippen LogP contribution in [-0.2, 0) is 13.1 Å². The lowest BCUT2D eigenvalue weighted by atomic mass is 10.1. The maximum atomic E-state index is 12.7. The van der Waals surface area contributed by atoms with E-state index in [0.29, 0.717) is 23.6 Å². The van der Waals surface area contributed by atoms with E-state index in [1.807, 2.05) is 65.4 Å². The van der Waals surface area contributed by atoms with Gasteiger partial charge in [0.2, 0.25) is 0 Å². The first kappa shape index (κ1) is 18.5. The number of nitrogens with one attached hydrogen (secondary N) is 1. The first-order valence-electron chi connectivity index (χ1n) is 9.41. The zero-order chi connectivity index (χ0) is 19.9. The molecule has 0 fully saturated rings. The molecular formula is C24H21N3O2. The van der Waals surface area contributed by atoms with Gasteiger partial charge in [-0.3, -0.25) is 4.79 Å². The Kier molecular flexibility index (Phi) is 5.67. The number of hydrogen-bond acceptors (Lipinski definition) is 3. The number of ether oxygens (including phenoxy) is 1. The number of hydrogen-bond donors (Lipinski definition) is 1. The molecule has 0 aliphatic carbocycles. The summed E-state index contributed by atoms with van der Waals surface area (Å²) in [6.45, 7) is 1.22. The van der Waals surface area contributed by atoms with Gasteiger partial charge in [-0.1, -0.05) is 54.6 Å². The number of imidazole rings is 1. The molecule has 0 aliphatic heterocycles. The van der Waals surface area contributed by atoms with E-state index in [9.17, 15) is 4.79 Å². The monoisotopic (exact) mass is 383 g/mol. The van der Waals surface area contributed by atoms with Gasteiger partial charge in [0.15, 0.2) is 0 Å². The number of nitrogens with zero attached hydrogens (tertiary/aromatic N) is 2. The SMILES string of the molecule is O=C(NCc1ccc(Cn2ccnc2)cc1)c1ccccc1Oc1ccccc1. The van der Waals surface area contributed by atoms with Crippen molar-refractivity contribution in [3.05, 3.63) is 114 Å². The fraction of sp³-hybridized carbons (Fsp3) is 0.0833. The number of rotatable bonds is 7. The summed E-state index contributed by atoms with van der Waals surface area (Å²) in [6, 6.07) is 24.9. The third kappa shape index (κ3) is 4.90. The molecule has 1 heterocycles. The molecule has 4 aromatic rings. The van der Waals surface area contributed by atoms with E-state index in [-0.39, 0.29) is 5.91 Å². The fourth-order valence-electron chi connectivity index (χ4n) is 2.99. The van der Waals surface area contributed by atoms with Crippen LogP contribution in [-0.4, -0.2) is 15.5 Å². The topological polar surface area (TPSA) is 56.2 Å². The molecule has 5 nitrogen and oxygen atoms in total. The third-order valence-electron chi connectivity index (χ3n) is 4.50. The van der Waals surface area contributed by atoms with Gasteiger partial charge in [0.25, 0.3) is 5.91 Å². The van der Waals surface area contributed by atoms with E-state index < -0.39 is 0 Å². The van der Waals surface area contributed by atoms with Crippen LogP contribution >= 0.6 is 0 Å². The predicted octanol–water partition coefficient (Wildman–Crippen LogP) is 4.65. The molecule has 1 aromatic heterocycles. The summed E-state index contributed by atoms with van der Waals surface area (Å²) in [5.74, 6) is 1.06. The average Bonchev–Trinajstić information content (AvgIpc) is 3.27. The van der Waals surface area contributed by atoms with Crippen molar-refractivity contribution in [2.75, 3.05) is 0 Å². The Morgan fingerprint density at radius 2 is 1.62 bits per heavy atom. The van der Waals surface area contributed by atoms with Crippen molar-refractivity contribution in [1.29, 1.82) is 0 Å². The molecule has 0 aliphatic rings. The first-order chi connectivity index (χ1) is 14.3. The molecule has 0 unspecified atom stereocenters. The Balaban J connectivity index is 1.38. The molecule has 5 heteroatoms. The molecule has 0 spiro atoms. The molecule has 0 bridgehead atoms. The minimum Gasteiger partial charge on any atom is -0.457 e. The first-order valence-corrected chi connectivity index (χ1v) is 9.41. The molecule has 0 atom stereocenters. The number of carbonyl (C=O) groups excluding carboxylic acids is 1. The minimum absolute atomic E-state index is 0.168. The smallest absolute Gasteiger partial charge is 0.255 e. The van der Waals surface area contributed by atoms with E-state index >= 15 is 0 Å². The maximum absolute atomic E-state index is 12.7. The van der Waals surface area contributed by atoms with Gasteiger partial charge in [0.05, 0.1) is 11.9 Å². The van der Waals surface area contributed by atoms with Gasteiger partial charge in [-0.15, -0.1) is 0 Å². The Labute approximate surface area is 169 Å². The Morgan fingerprint density at radius 3 is 2.38 bits per heavy atom. The second kappa shape index (κ2) is 8.89. The van der Waals surface area contributed by atoms with Crippen LogP contribution in [0.4, 0.5) is 0 Å². The van der Waals surface area contributed by atoms with Crippen molar-refractivity contribution in [3.8, 4) is 11.5 Å². The van der Waals surface area contributed by atoms with Crippen LogP contribution in [0.5, 0.6) is 11.5 Å². The van der Waals surface area contributed by atoms with E-state index in [1.165, 1.54) is 5.56 Å². The number of carbonyl (C=O) groups is 1. The van der Waals surface area contributed by atoms with Gasteiger partial charge < -0.3 is 14.6 Å². The number of benzene rings is 3. The van der Waals surface area contributed by atoms with Crippen molar-refractivity contribution >= 4 is 5.91 Å². The molecule has 0 saturated heterocycles. The van der Waals surface area contributed by atoms with Crippen LogP contribution in [0.2, 0.25) is 0 Å². The van der Waals surface area contributed by atoms with E-state index in [2.05, 4.69) is 22.4 Å².